The molecule has 0 aliphatic carbocycles. The number of aliphatic hydroxyl groups is 1. The minimum atomic E-state index is -0.736. The Balaban J connectivity index is 1.64. The number of hydrogen-bond acceptors (Lipinski definition) is 3. The highest BCUT2D eigenvalue weighted by Gasteiger charge is 2.11. The first kappa shape index (κ1) is 17.0. The molecule has 4 nitrogen and oxygen atoms in total. The van der Waals surface area contributed by atoms with Gasteiger partial charge in [-0.25, -0.2) is 0 Å². The van der Waals surface area contributed by atoms with Gasteiger partial charge < -0.3 is 15.3 Å². The van der Waals surface area contributed by atoms with E-state index >= 15 is 0 Å². The Hall–Kier alpha value is -2.85. The predicted octanol–water partition coefficient (Wildman–Crippen LogP) is 3.37. The summed E-state index contributed by atoms with van der Waals surface area (Å²) in [5, 5.41) is 15.2. The molecule has 0 aliphatic heterocycles. The molecule has 0 spiro atoms. The highest BCUT2D eigenvalue weighted by atomic mass is 16.3. The van der Waals surface area contributed by atoms with Crippen LogP contribution in [0.25, 0.3) is 10.8 Å². The standard InChI is InChI=1S/C21H22N2O2/c1-23(2)19-11-9-16(10-12-19)20(24)14-22-21(25)18-8-7-15-5-3-4-6-17(15)13-18/h3-13,20,24H,14H2,1-2H3,(H,22,25). The van der Waals surface area contributed by atoms with Gasteiger partial charge in [0.1, 0.15) is 0 Å². The third kappa shape index (κ3) is 3.98. The van der Waals surface area contributed by atoms with Crippen molar-refractivity contribution in [1.82, 2.24) is 5.32 Å². The molecule has 0 radical (unpaired) electrons. The van der Waals surface area contributed by atoms with Crippen molar-refractivity contribution in [3.63, 3.8) is 0 Å². The van der Waals surface area contributed by atoms with Gasteiger partial charge in [0.2, 0.25) is 0 Å². The maximum atomic E-state index is 12.3. The van der Waals surface area contributed by atoms with Crippen LogP contribution in [-0.2, 0) is 0 Å². The molecule has 3 aromatic carbocycles. The van der Waals surface area contributed by atoms with Gasteiger partial charge in [-0.3, -0.25) is 4.79 Å². The zero-order chi connectivity index (χ0) is 17.8. The van der Waals surface area contributed by atoms with Gasteiger partial charge in [0.05, 0.1) is 6.10 Å². The first-order chi connectivity index (χ1) is 12.0. The molecule has 25 heavy (non-hydrogen) atoms. The largest absolute Gasteiger partial charge is 0.387 e. The number of benzene rings is 3. The normalized spacial score (nSPS) is 12.0. The van der Waals surface area contributed by atoms with Gasteiger partial charge >= 0.3 is 0 Å². The third-order valence-electron chi connectivity index (χ3n) is 4.26. The quantitative estimate of drug-likeness (QED) is 0.752. The SMILES string of the molecule is CN(C)c1ccc(C(O)CNC(=O)c2ccc3ccccc3c2)cc1. The van der Waals surface area contributed by atoms with Gasteiger partial charge in [0.25, 0.3) is 5.91 Å². The van der Waals surface area contributed by atoms with Crippen LogP contribution in [0.15, 0.2) is 66.7 Å². The Labute approximate surface area is 147 Å². The topological polar surface area (TPSA) is 52.6 Å². The zero-order valence-corrected chi connectivity index (χ0v) is 14.4. The predicted molar refractivity (Wildman–Crippen MR) is 102 cm³/mol. The molecule has 0 bridgehead atoms. The lowest BCUT2D eigenvalue weighted by Crippen LogP contribution is -2.28. The average molecular weight is 334 g/mol. The minimum absolute atomic E-state index is 0.174. The van der Waals surface area contributed by atoms with E-state index in [4.69, 9.17) is 0 Å². The number of amides is 1. The maximum absolute atomic E-state index is 12.3. The number of rotatable bonds is 5. The molecule has 2 N–H and O–H groups in total. The first-order valence-electron chi connectivity index (χ1n) is 8.27. The lowest BCUT2D eigenvalue weighted by atomic mass is 10.1. The molecule has 1 unspecified atom stereocenters. The van der Waals surface area contributed by atoms with E-state index in [9.17, 15) is 9.90 Å². The van der Waals surface area contributed by atoms with Gasteiger partial charge in [-0.15, -0.1) is 0 Å². The van der Waals surface area contributed by atoms with Crippen molar-refractivity contribution in [3.05, 3.63) is 77.9 Å². The second-order valence-corrected chi connectivity index (χ2v) is 6.27. The number of aliphatic hydroxyl groups excluding tert-OH is 1. The number of nitrogens with zero attached hydrogens (tertiary/aromatic N) is 1. The molecule has 4 heteroatoms. The van der Waals surface area contributed by atoms with Crippen LogP contribution in [0.5, 0.6) is 0 Å². The Bertz CT molecular complexity index is 872. The molecule has 1 atom stereocenters. The highest BCUT2D eigenvalue weighted by Crippen LogP contribution is 2.18. The molecular weight excluding hydrogens is 312 g/mol. The molecule has 0 aliphatic rings. The van der Waals surface area contributed by atoms with Crippen molar-refractivity contribution in [2.45, 2.75) is 6.10 Å². The van der Waals surface area contributed by atoms with Crippen LogP contribution < -0.4 is 10.2 Å². The second kappa shape index (κ2) is 7.36. The number of nitrogens with one attached hydrogen (secondary N) is 1. The van der Waals surface area contributed by atoms with E-state index in [0.29, 0.717) is 5.56 Å². The molecule has 3 rings (SSSR count). The fourth-order valence-electron chi connectivity index (χ4n) is 2.73. The summed E-state index contributed by atoms with van der Waals surface area (Å²) in [5.74, 6) is -0.185. The molecule has 128 valence electrons. The highest BCUT2D eigenvalue weighted by molar-refractivity contribution is 5.98. The molecule has 0 fully saturated rings. The van der Waals surface area contributed by atoms with Gasteiger partial charge in [0.15, 0.2) is 0 Å². The maximum Gasteiger partial charge on any atom is 0.251 e. The van der Waals surface area contributed by atoms with Crippen molar-refractivity contribution in [2.24, 2.45) is 0 Å². The zero-order valence-electron chi connectivity index (χ0n) is 14.4. The summed E-state index contributed by atoms with van der Waals surface area (Å²) in [6.45, 7) is 0.174. The van der Waals surface area contributed by atoms with Crippen molar-refractivity contribution in [1.29, 1.82) is 0 Å². The van der Waals surface area contributed by atoms with E-state index in [-0.39, 0.29) is 12.5 Å². The van der Waals surface area contributed by atoms with Gasteiger partial charge in [-0.2, -0.15) is 0 Å². The molecule has 0 aromatic heterocycles. The van der Waals surface area contributed by atoms with Crippen LogP contribution in [0.3, 0.4) is 0 Å². The number of carbonyl (C=O) groups excluding carboxylic acids is 1. The Morgan fingerprint density at radius 2 is 1.68 bits per heavy atom. The summed E-state index contributed by atoms with van der Waals surface area (Å²) in [4.78, 5) is 14.3. The van der Waals surface area contributed by atoms with E-state index in [0.717, 1.165) is 22.0 Å². The Kier molecular flexibility index (Phi) is 5.00. The number of fused-ring (bicyclic) bond motifs is 1. The lowest BCUT2D eigenvalue weighted by molar-refractivity contribution is 0.0916. The summed E-state index contributed by atoms with van der Waals surface area (Å²) >= 11 is 0. The number of anilines is 1. The molecule has 3 aromatic rings. The fourth-order valence-corrected chi connectivity index (χ4v) is 2.73. The molecule has 1 amide bonds. The summed E-state index contributed by atoms with van der Waals surface area (Å²) in [6.07, 6.45) is -0.736. The van der Waals surface area contributed by atoms with Crippen LogP contribution in [-0.4, -0.2) is 31.7 Å². The van der Waals surface area contributed by atoms with Gasteiger partial charge in [-0.05, 0) is 40.6 Å². The summed E-state index contributed by atoms with van der Waals surface area (Å²) < 4.78 is 0. The third-order valence-corrected chi connectivity index (χ3v) is 4.26. The Morgan fingerprint density at radius 3 is 2.36 bits per heavy atom. The summed E-state index contributed by atoms with van der Waals surface area (Å²) in [5.41, 5.74) is 2.44. The average Bonchev–Trinajstić information content (AvgIpc) is 2.65. The van der Waals surface area contributed by atoms with Crippen molar-refractivity contribution < 1.29 is 9.90 Å². The molecule has 0 saturated carbocycles. The van der Waals surface area contributed by atoms with E-state index in [1.54, 1.807) is 6.07 Å². The lowest BCUT2D eigenvalue weighted by Gasteiger charge is -2.16. The molecule has 0 heterocycles. The van der Waals surface area contributed by atoms with E-state index in [1.807, 2.05) is 79.7 Å². The van der Waals surface area contributed by atoms with Gasteiger partial charge in [0, 0.05) is 31.9 Å². The Morgan fingerprint density at radius 1 is 1.00 bits per heavy atom. The van der Waals surface area contributed by atoms with E-state index in [1.165, 1.54) is 0 Å². The number of carbonyl (C=O) groups is 1. The van der Waals surface area contributed by atoms with Crippen molar-refractivity contribution >= 4 is 22.4 Å². The smallest absolute Gasteiger partial charge is 0.251 e. The minimum Gasteiger partial charge on any atom is -0.387 e. The van der Waals surface area contributed by atoms with Crippen LogP contribution in [0.2, 0.25) is 0 Å². The summed E-state index contributed by atoms with van der Waals surface area (Å²) in [7, 11) is 3.93. The molecule has 0 saturated heterocycles. The molecular formula is C21H22N2O2. The monoisotopic (exact) mass is 334 g/mol. The first-order valence-corrected chi connectivity index (χ1v) is 8.27. The van der Waals surface area contributed by atoms with Crippen LogP contribution >= 0.6 is 0 Å². The fraction of sp³-hybridized carbons (Fsp3) is 0.190. The van der Waals surface area contributed by atoms with E-state index < -0.39 is 6.10 Å². The van der Waals surface area contributed by atoms with E-state index in [2.05, 4.69) is 5.32 Å². The summed E-state index contributed by atoms with van der Waals surface area (Å²) in [6, 6.07) is 21.2. The number of hydrogen-bond donors (Lipinski definition) is 2. The van der Waals surface area contributed by atoms with Crippen LogP contribution in [0, 0.1) is 0 Å². The van der Waals surface area contributed by atoms with Crippen molar-refractivity contribution in [2.75, 3.05) is 25.5 Å². The van der Waals surface area contributed by atoms with Crippen LogP contribution in [0.4, 0.5) is 5.69 Å². The van der Waals surface area contributed by atoms with Crippen molar-refractivity contribution in [3.8, 4) is 0 Å². The second-order valence-electron chi connectivity index (χ2n) is 6.27. The van der Waals surface area contributed by atoms with Gasteiger partial charge in [-0.1, -0.05) is 42.5 Å². The van der Waals surface area contributed by atoms with Crippen LogP contribution in [0.1, 0.15) is 22.0 Å².